The Morgan fingerprint density at radius 2 is 1.94 bits per heavy atom. The van der Waals surface area contributed by atoms with Crippen molar-refractivity contribution in [1.29, 1.82) is 0 Å². The smallest absolute Gasteiger partial charge is 0.0994 e. The number of benzene rings is 1. The molecule has 0 saturated heterocycles. The van der Waals surface area contributed by atoms with Crippen LogP contribution >= 0.6 is 0 Å². The van der Waals surface area contributed by atoms with Crippen LogP contribution in [0.2, 0.25) is 0 Å². The lowest BCUT2D eigenvalue weighted by Crippen LogP contribution is -2.08. The average Bonchev–Trinajstić information content (AvgIpc) is 2.75. The Hall–Kier alpha value is -1.68. The quantitative estimate of drug-likeness (QED) is 0.875. The molecular formula is C14H20N4. The molecule has 0 fully saturated rings. The first kappa shape index (κ1) is 12.8. The molecule has 0 saturated carbocycles. The molecule has 0 radical (unpaired) electrons. The molecule has 18 heavy (non-hydrogen) atoms. The molecule has 0 aliphatic heterocycles. The van der Waals surface area contributed by atoms with E-state index in [1.165, 1.54) is 16.8 Å². The van der Waals surface area contributed by atoms with Gasteiger partial charge < -0.3 is 5.73 Å². The van der Waals surface area contributed by atoms with E-state index in [0.717, 1.165) is 25.1 Å². The van der Waals surface area contributed by atoms with Crippen LogP contribution in [0.4, 0.5) is 0 Å². The summed E-state index contributed by atoms with van der Waals surface area (Å²) < 4.78 is 1.97. The third-order valence-electron chi connectivity index (χ3n) is 3.05. The highest BCUT2D eigenvalue weighted by atomic mass is 15.4. The van der Waals surface area contributed by atoms with E-state index >= 15 is 0 Å². The second-order valence-electron chi connectivity index (χ2n) is 4.58. The maximum absolute atomic E-state index is 5.69. The Morgan fingerprint density at radius 3 is 2.56 bits per heavy atom. The Bertz CT molecular complexity index is 499. The third kappa shape index (κ3) is 2.76. The number of aryl methyl sites for hydroxylation is 1. The average molecular weight is 244 g/mol. The summed E-state index contributed by atoms with van der Waals surface area (Å²) in [5, 5.41) is 8.36. The molecule has 0 spiro atoms. The van der Waals surface area contributed by atoms with E-state index in [1.807, 2.05) is 4.68 Å². The Kier molecular flexibility index (Phi) is 4.10. The molecule has 4 nitrogen and oxygen atoms in total. The molecule has 0 unspecified atom stereocenters. The minimum atomic E-state index is 0.462. The predicted molar refractivity (Wildman–Crippen MR) is 72.2 cm³/mol. The van der Waals surface area contributed by atoms with Crippen LogP contribution in [0.3, 0.4) is 0 Å². The van der Waals surface area contributed by atoms with Gasteiger partial charge >= 0.3 is 0 Å². The molecule has 4 heteroatoms. The van der Waals surface area contributed by atoms with Crippen LogP contribution in [-0.4, -0.2) is 15.0 Å². The van der Waals surface area contributed by atoms with Gasteiger partial charge in [0, 0.05) is 6.54 Å². The van der Waals surface area contributed by atoms with Crippen molar-refractivity contribution in [3.63, 3.8) is 0 Å². The van der Waals surface area contributed by atoms with E-state index in [1.54, 1.807) is 0 Å². The highest BCUT2D eigenvalue weighted by Crippen LogP contribution is 2.11. The fourth-order valence-corrected chi connectivity index (χ4v) is 2.03. The molecule has 1 heterocycles. The predicted octanol–water partition coefficient (Wildman–Crippen LogP) is 2.05. The van der Waals surface area contributed by atoms with Gasteiger partial charge in [0.15, 0.2) is 0 Å². The molecule has 96 valence electrons. The van der Waals surface area contributed by atoms with Gasteiger partial charge in [-0.2, -0.15) is 0 Å². The van der Waals surface area contributed by atoms with Crippen molar-refractivity contribution in [1.82, 2.24) is 15.0 Å². The van der Waals surface area contributed by atoms with Crippen molar-refractivity contribution in [3.05, 3.63) is 46.8 Å². The molecule has 2 rings (SSSR count). The van der Waals surface area contributed by atoms with Crippen LogP contribution in [0.1, 0.15) is 35.9 Å². The minimum absolute atomic E-state index is 0.462. The maximum atomic E-state index is 5.69. The Balaban J connectivity index is 2.22. The molecule has 0 bridgehead atoms. The summed E-state index contributed by atoms with van der Waals surface area (Å²) in [7, 11) is 0. The maximum Gasteiger partial charge on any atom is 0.0994 e. The van der Waals surface area contributed by atoms with Gasteiger partial charge in [0.25, 0.3) is 0 Å². The third-order valence-corrected chi connectivity index (χ3v) is 3.05. The van der Waals surface area contributed by atoms with Crippen LogP contribution < -0.4 is 5.73 Å². The fraction of sp³-hybridized carbons (Fsp3) is 0.429. The van der Waals surface area contributed by atoms with Crippen molar-refractivity contribution in [2.75, 3.05) is 0 Å². The Morgan fingerprint density at radius 1 is 1.22 bits per heavy atom. The van der Waals surface area contributed by atoms with Crippen molar-refractivity contribution >= 4 is 0 Å². The zero-order chi connectivity index (χ0) is 13.0. The highest BCUT2D eigenvalue weighted by molar-refractivity contribution is 5.22. The summed E-state index contributed by atoms with van der Waals surface area (Å²) in [5.74, 6) is 0. The minimum Gasteiger partial charge on any atom is -0.325 e. The summed E-state index contributed by atoms with van der Waals surface area (Å²) in [4.78, 5) is 0. The fourth-order valence-electron chi connectivity index (χ4n) is 2.03. The van der Waals surface area contributed by atoms with E-state index in [-0.39, 0.29) is 0 Å². The Labute approximate surface area is 108 Å². The van der Waals surface area contributed by atoms with Gasteiger partial charge in [-0.05, 0) is 18.9 Å². The van der Waals surface area contributed by atoms with Crippen molar-refractivity contribution in [2.24, 2.45) is 5.73 Å². The molecule has 0 aliphatic rings. The zero-order valence-electron chi connectivity index (χ0n) is 11.1. The summed E-state index contributed by atoms with van der Waals surface area (Å²) >= 11 is 0. The van der Waals surface area contributed by atoms with Crippen molar-refractivity contribution in [2.45, 2.75) is 39.8 Å². The van der Waals surface area contributed by atoms with Crippen LogP contribution in [0.5, 0.6) is 0 Å². The number of hydrogen-bond acceptors (Lipinski definition) is 3. The van der Waals surface area contributed by atoms with E-state index in [4.69, 9.17) is 5.73 Å². The van der Waals surface area contributed by atoms with Gasteiger partial charge in [-0.25, -0.2) is 4.68 Å². The summed E-state index contributed by atoms with van der Waals surface area (Å²) in [5.41, 5.74) is 10.3. The topological polar surface area (TPSA) is 56.7 Å². The van der Waals surface area contributed by atoms with E-state index < -0.39 is 0 Å². The molecule has 2 aromatic rings. The number of rotatable bonds is 5. The molecule has 1 aromatic carbocycles. The lowest BCUT2D eigenvalue weighted by Gasteiger charge is -2.07. The number of aromatic nitrogens is 3. The first-order valence-electron chi connectivity index (χ1n) is 6.41. The molecule has 0 atom stereocenters. The first-order chi connectivity index (χ1) is 8.74. The van der Waals surface area contributed by atoms with Gasteiger partial charge in [-0.15, -0.1) is 5.10 Å². The monoisotopic (exact) mass is 244 g/mol. The SMILES string of the molecule is CCCc1c(CN)nnn1Cc1ccc(C)cc1. The van der Waals surface area contributed by atoms with Gasteiger partial charge in [0.2, 0.25) is 0 Å². The van der Waals surface area contributed by atoms with Crippen LogP contribution in [0, 0.1) is 6.92 Å². The standard InChI is InChI=1S/C14H20N4/c1-3-4-14-13(9-15)16-17-18(14)10-12-7-5-11(2)6-8-12/h5-8H,3-4,9-10,15H2,1-2H3. The normalized spacial score (nSPS) is 10.8. The number of nitrogens with zero attached hydrogens (tertiary/aromatic N) is 3. The van der Waals surface area contributed by atoms with Gasteiger partial charge in [0.1, 0.15) is 0 Å². The first-order valence-corrected chi connectivity index (χ1v) is 6.41. The van der Waals surface area contributed by atoms with Gasteiger partial charge in [-0.1, -0.05) is 48.4 Å². The van der Waals surface area contributed by atoms with Crippen molar-refractivity contribution < 1.29 is 0 Å². The molecule has 1 aromatic heterocycles. The molecule has 0 aliphatic carbocycles. The zero-order valence-corrected chi connectivity index (χ0v) is 11.1. The van der Waals surface area contributed by atoms with Crippen molar-refractivity contribution in [3.8, 4) is 0 Å². The lowest BCUT2D eigenvalue weighted by atomic mass is 10.1. The van der Waals surface area contributed by atoms with Crippen LogP contribution in [-0.2, 0) is 19.5 Å². The van der Waals surface area contributed by atoms with E-state index in [2.05, 4.69) is 48.4 Å². The number of nitrogens with two attached hydrogens (primary N) is 1. The van der Waals surface area contributed by atoms with Crippen LogP contribution in [0.15, 0.2) is 24.3 Å². The van der Waals surface area contributed by atoms with Crippen LogP contribution in [0.25, 0.3) is 0 Å². The van der Waals surface area contributed by atoms with Gasteiger partial charge in [-0.3, -0.25) is 0 Å². The summed E-state index contributed by atoms with van der Waals surface area (Å²) in [6, 6.07) is 8.51. The lowest BCUT2D eigenvalue weighted by molar-refractivity contribution is 0.613. The summed E-state index contributed by atoms with van der Waals surface area (Å²) in [6.07, 6.45) is 2.06. The van der Waals surface area contributed by atoms with Gasteiger partial charge in [0.05, 0.1) is 17.9 Å². The van der Waals surface area contributed by atoms with E-state index in [0.29, 0.717) is 6.54 Å². The molecule has 2 N–H and O–H groups in total. The number of hydrogen-bond donors (Lipinski definition) is 1. The van der Waals surface area contributed by atoms with E-state index in [9.17, 15) is 0 Å². The largest absolute Gasteiger partial charge is 0.325 e. The second kappa shape index (κ2) is 5.78. The molecule has 0 amide bonds. The highest BCUT2D eigenvalue weighted by Gasteiger charge is 2.10. The molecular weight excluding hydrogens is 224 g/mol. The second-order valence-corrected chi connectivity index (χ2v) is 4.58. The summed E-state index contributed by atoms with van der Waals surface area (Å²) in [6.45, 7) is 5.48.